The van der Waals surface area contributed by atoms with Gasteiger partial charge in [-0.3, -0.25) is 19.7 Å². The van der Waals surface area contributed by atoms with E-state index >= 15 is 0 Å². The van der Waals surface area contributed by atoms with Crippen molar-refractivity contribution in [2.75, 3.05) is 0 Å². The summed E-state index contributed by atoms with van der Waals surface area (Å²) < 4.78 is 0. The van der Waals surface area contributed by atoms with Gasteiger partial charge < -0.3 is 36.6 Å². The van der Waals surface area contributed by atoms with Gasteiger partial charge in [0.25, 0.3) is 5.69 Å². The molecule has 0 unspecified atom stereocenters. The van der Waals surface area contributed by atoms with Crippen LogP contribution in [0.25, 0.3) is 32.7 Å². The maximum absolute atomic E-state index is 11.1. The number of aromatic nitrogens is 3. The van der Waals surface area contributed by atoms with Gasteiger partial charge in [0.1, 0.15) is 12.1 Å². The SMILES string of the molecule is Cc1ccc2[nH]cc(C[C@H](N)C(=O)O)c2c1.Cc1ccc2[nH]cc(C[C@H](N)C(=O)O)c2c1[N+](=O)[O-].Cc1ccc2[nH]ccc2c1. The van der Waals surface area contributed by atoms with Crippen LogP contribution in [0.5, 0.6) is 0 Å². The van der Waals surface area contributed by atoms with E-state index in [1.54, 1.807) is 25.3 Å². The molecule has 0 radical (unpaired) electrons. The Kier molecular flexibility index (Phi) is 10.0. The highest BCUT2D eigenvalue weighted by Crippen LogP contribution is 2.32. The zero-order valence-corrected chi connectivity index (χ0v) is 25.1. The quantitative estimate of drug-likeness (QED) is 0.0931. The second-order valence-electron chi connectivity index (χ2n) is 11.0. The minimum atomic E-state index is -1.13. The van der Waals surface area contributed by atoms with E-state index in [0.29, 0.717) is 28.5 Å². The van der Waals surface area contributed by atoms with Crippen LogP contribution in [-0.4, -0.2) is 54.1 Å². The van der Waals surface area contributed by atoms with Crippen molar-refractivity contribution in [3.8, 4) is 0 Å². The molecule has 0 aliphatic carbocycles. The second-order valence-corrected chi connectivity index (χ2v) is 11.0. The average Bonchev–Trinajstić information content (AvgIpc) is 3.72. The van der Waals surface area contributed by atoms with Gasteiger partial charge in [-0.1, -0.05) is 29.3 Å². The number of nitro benzene ring substituents is 1. The lowest BCUT2D eigenvalue weighted by molar-refractivity contribution is -0.383. The molecule has 0 spiro atoms. The number of benzene rings is 3. The molecule has 6 rings (SSSR count). The number of aromatic amines is 3. The Hall–Kier alpha value is -5.46. The first-order valence-corrected chi connectivity index (χ1v) is 14.2. The maximum Gasteiger partial charge on any atom is 0.320 e. The lowest BCUT2D eigenvalue weighted by atomic mass is 10.0. The summed E-state index contributed by atoms with van der Waals surface area (Å²) in [7, 11) is 0. The van der Waals surface area contributed by atoms with Gasteiger partial charge in [0.05, 0.1) is 15.8 Å². The molecular formula is C33H36N6O6. The van der Waals surface area contributed by atoms with E-state index in [1.165, 1.54) is 16.5 Å². The molecule has 6 aromatic rings. The maximum atomic E-state index is 11.1. The molecule has 2 atom stereocenters. The zero-order chi connectivity index (χ0) is 32.8. The molecule has 9 N–H and O–H groups in total. The molecule has 0 saturated carbocycles. The normalized spacial score (nSPS) is 12.2. The summed E-state index contributed by atoms with van der Waals surface area (Å²) in [4.78, 5) is 41.3. The van der Waals surface area contributed by atoms with Crippen molar-refractivity contribution in [1.29, 1.82) is 0 Å². The van der Waals surface area contributed by atoms with E-state index in [1.807, 2.05) is 37.5 Å². The van der Waals surface area contributed by atoms with Gasteiger partial charge in [-0.2, -0.15) is 0 Å². The van der Waals surface area contributed by atoms with Crippen LogP contribution < -0.4 is 11.5 Å². The first-order valence-electron chi connectivity index (χ1n) is 14.2. The predicted molar refractivity (Wildman–Crippen MR) is 174 cm³/mol. The molecule has 0 aliphatic rings. The first kappa shape index (κ1) is 32.5. The van der Waals surface area contributed by atoms with Crippen LogP contribution >= 0.6 is 0 Å². The number of nitro groups is 1. The van der Waals surface area contributed by atoms with Gasteiger partial charge in [0, 0.05) is 53.4 Å². The molecule has 0 saturated heterocycles. The van der Waals surface area contributed by atoms with Gasteiger partial charge in [0.2, 0.25) is 0 Å². The fraction of sp³-hybridized carbons (Fsp3) is 0.212. The Bertz CT molecular complexity index is 1990. The van der Waals surface area contributed by atoms with Crippen LogP contribution in [0, 0.1) is 30.9 Å². The monoisotopic (exact) mass is 612 g/mol. The summed E-state index contributed by atoms with van der Waals surface area (Å²) in [5.41, 5.74) is 18.3. The van der Waals surface area contributed by atoms with E-state index in [-0.39, 0.29) is 12.1 Å². The fourth-order valence-corrected chi connectivity index (χ4v) is 5.06. The molecule has 0 amide bonds. The minimum absolute atomic E-state index is 0.00802. The number of carbonyl (C=O) groups is 2. The molecule has 0 aliphatic heterocycles. The van der Waals surface area contributed by atoms with Crippen LogP contribution in [0.1, 0.15) is 27.8 Å². The number of nitrogens with two attached hydrogens (primary N) is 2. The van der Waals surface area contributed by atoms with Gasteiger partial charge in [-0.15, -0.1) is 0 Å². The summed E-state index contributed by atoms with van der Waals surface area (Å²) in [6, 6.07) is 16.0. The van der Waals surface area contributed by atoms with Gasteiger partial charge in [-0.25, -0.2) is 0 Å². The summed E-state index contributed by atoms with van der Waals surface area (Å²) in [5, 5.41) is 31.5. The van der Waals surface area contributed by atoms with E-state index in [0.717, 1.165) is 22.0 Å². The molecule has 45 heavy (non-hydrogen) atoms. The smallest absolute Gasteiger partial charge is 0.320 e. The molecule has 3 aromatic carbocycles. The van der Waals surface area contributed by atoms with Crippen molar-refractivity contribution in [2.45, 2.75) is 45.7 Å². The Labute approximate surface area is 258 Å². The van der Waals surface area contributed by atoms with Crippen molar-refractivity contribution in [3.05, 3.63) is 111 Å². The minimum Gasteiger partial charge on any atom is -0.480 e. The highest BCUT2D eigenvalue weighted by molar-refractivity contribution is 5.94. The summed E-state index contributed by atoms with van der Waals surface area (Å²) >= 11 is 0. The number of aryl methyl sites for hydroxylation is 3. The Balaban J connectivity index is 0.000000160. The van der Waals surface area contributed by atoms with Crippen LogP contribution in [0.3, 0.4) is 0 Å². The van der Waals surface area contributed by atoms with Crippen LogP contribution in [0.15, 0.2) is 73.2 Å². The van der Waals surface area contributed by atoms with Crippen LogP contribution in [0.2, 0.25) is 0 Å². The summed E-state index contributed by atoms with van der Waals surface area (Å²) in [6.45, 7) is 5.76. The number of rotatable bonds is 7. The number of aliphatic carboxylic acids is 2. The van der Waals surface area contributed by atoms with Gasteiger partial charge >= 0.3 is 11.9 Å². The lowest BCUT2D eigenvalue weighted by Gasteiger charge is -2.06. The predicted octanol–water partition coefficient (Wildman–Crippen LogP) is 5.25. The Morgan fingerprint density at radius 3 is 1.98 bits per heavy atom. The summed E-state index contributed by atoms with van der Waals surface area (Å²) in [6.07, 6.45) is 5.75. The highest BCUT2D eigenvalue weighted by atomic mass is 16.6. The van der Waals surface area contributed by atoms with E-state index in [4.69, 9.17) is 21.7 Å². The summed E-state index contributed by atoms with van der Waals surface area (Å²) in [5.74, 6) is -2.10. The highest BCUT2D eigenvalue weighted by Gasteiger charge is 2.22. The molecular weight excluding hydrogens is 576 g/mol. The van der Waals surface area contributed by atoms with E-state index < -0.39 is 28.9 Å². The lowest BCUT2D eigenvalue weighted by Crippen LogP contribution is -2.32. The molecule has 12 heteroatoms. The van der Waals surface area contributed by atoms with Gasteiger partial charge in [0.15, 0.2) is 0 Å². The molecule has 234 valence electrons. The third-order valence-electron chi connectivity index (χ3n) is 7.43. The number of carboxylic acids is 2. The first-order chi connectivity index (χ1) is 21.3. The number of fused-ring (bicyclic) bond motifs is 3. The number of H-pyrrole nitrogens is 3. The fourth-order valence-electron chi connectivity index (χ4n) is 5.06. The van der Waals surface area contributed by atoms with Gasteiger partial charge in [-0.05, 0) is 73.7 Å². The molecule has 12 nitrogen and oxygen atoms in total. The molecule has 3 heterocycles. The third-order valence-corrected chi connectivity index (χ3v) is 7.43. The van der Waals surface area contributed by atoms with E-state index in [9.17, 15) is 19.7 Å². The van der Waals surface area contributed by atoms with Crippen molar-refractivity contribution < 1.29 is 24.7 Å². The van der Waals surface area contributed by atoms with Crippen molar-refractivity contribution in [3.63, 3.8) is 0 Å². The molecule has 3 aromatic heterocycles. The van der Waals surface area contributed by atoms with Crippen molar-refractivity contribution in [1.82, 2.24) is 15.0 Å². The van der Waals surface area contributed by atoms with E-state index in [2.05, 4.69) is 46.1 Å². The Morgan fingerprint density at radius 2 is 1.33 bits per heavy atom. The average molecular weight is 613 g/mol. The van der Waals surface area contributed by atoms with Crippen LogP contribution in [0.4, 0.5) is 5.69 Å². The topological polar surface area (TPSA) is 217 Å². The molecule has 0 bridgehead atoms. The second kappa shape index (κ2) is 13.9. The third kappa shape index (κ3) is 7.74. The number of hydrogen-bond donors (Lipinski definition) is 7. The number of hydrogen-bond acceptors (Lipinski definition) is 6. The Morgan fingerprint density at radius 1 is 0.778 bits per heavy atom. The standard InChI is InChI=1S/C12H13N3O4.C12H14N2O2.C9H9N/c1-6-2-3-9-10(11(6)15(18)19)7(5-14-9)4-8(13)12(16)17;1-7-2-3-11-9(4-7)8(6-14-11)5-10(13)12(15)16;1-7-2-3-9-8(6-7)4-5-10-9/h2-3,5,8,14H,4,13H2,1H3,(H,16,17);2-4,6,10,14H,5,13H2,1H3,(H,15,16);2-6,10H,1H3/t8-;10-;/m00./s1. The molecule has 0 fully saturated rings. The van der Waals surface area contributed by atoms with Crippen molar-refractivity contribution >= 4 is 50.3 Å². The largest absolute Gasteiger partial charge is 0.480 e. The van der Waals surface area contributed by atoms with Crippen molar-refractivity contribution in [2.24, 2.45) is 11.5 Å². The number of nitrogens with one attached hydrogen (secondary N) is 3. The zero-order valence-electron chi connectivity index (χ0n) is 25.1. The number of nitrogens with zero attached hydrogens (tertiary/aromatic N) is 1. The number of carboxylic acid groups (broad SMARTS) is 2. The van der Waals surface area contributed by atoms with Crippen LogP contribution in [-0.2, 0) is 22.4 Å².